The maximum atomic E-state index is 4.69. The molecule has 0 radical (unpaired) electrons. The zero-order chi connectivity index (χ0) is 18.1. The standard InChI is InChI=1S/C20H31N5/c1-5-15-25(16-6-2)19-13-14-21-20(23-19)22-17-9-11-18(12-10-17)24(7-3)8-4/h9-14H,5-8,15-16H2,1-4H3,(H,21,22,23). The van der Waals surface area contributed by atoms with E-state index >= 15 is 0 Å². The summed E-state index contributed by atoms with van der Waals surface area (Å²) in [5, 5.41) is 3.32. The third-order valence-electron chi connectivity index (χ3n) is 4.20. The van der Waals surface area contributed by atoms with Gasteiger partial charge in [-0.05, 0) is 57.0 Å². The Morgan fingerprint density at radius 2 is 1.48 bits per heavy atom. The second kappa shape index (κ2) is 9.87. The minimum Gasteiger partial charge on any atom is -0.372 e. The van der Waals surface area contributed by atoms with E-state index in [-0.39, 0.29) is 0 Å². The predicted molar refractivity (Wildman–Crippen MR) is 108 cm³/mol. The molecule has 0 saturated carbocycles. The van der Waals surface area contributed by atoms with Crippen LogP contribution in [0.25, 0.3) is 0 Å². The lowest BCUT2D eigenvalue weighted by molar-refractivity contribution is 0.733. The van der Waals surface area contributed by atoms with Crippen LogP contribution in [0, 0.1) is 0 Å². The lowest BCUT2D eigenvalue weighted by Crippen LogP contribution is -2.26. The average molecular weight is 342 g/mol. The quantitative estimate of drug-likeness (QED) is 0.679. The van der Waals surface area contributed by atoms with Crippen LogP contribution in [-0.2, 0) is 0 Å². The van der Waals surface area contributed by atoms with E-state index in [9.17, 15) is 0 Å². The molecule has 0 fully saturated rings. The molecule has 0 amide bonds. The molecule has 0 saturated heterocycles. The van der Waals surface area contributed by atoms with E-state index in [1.165, 1.54) is 5.69 Å². The summed E-state index contributed by atoms with van der Waals surface area (Å²) in [5.74, 6) is 1.63. The van der Waals surface area contributed by atoms with Crippen LogP contribution >= 0.6 is 0 Å². The van der Waals surface area contributed by atoms with Crippen molar-refractivity contribution in [3.05, 3.63) is 36.5 Å². The number of hydrogen-bond donors (Lipinski definition) is 1. The summed E-state index contributed by atoms with van der Waals surface area (Å²) in [7, 11) is 0. The van der Waals surface area contributed by atoms with Crippen LogP contribution in [0.3, 0.4) is 0 Å². The summed E-state index contributed by atoms with van der Waals surface area (Å²) in [5.41, 5.74) is 2.24. The van der Waals surface area contributed by atoms with Gasteiger partial charge in [-0.15, -0.1) is 0 Å². The molecule has 1 aromatic carbocycles. The van der Waals surface area contributed by atoms with Crippen molar-refractivity contribution in [2.45, 2.75) is 40.5 Å². The zero-order valence-corrected chi connectivity index (χ0v) is 16.0. The van der Waals surface area contributed by atoms with Crippen molar-refractivity contribution in [3.8, 4) is 0 Å². The first-order valence-corrected chi connectivity index (χ1v) is 9.41. The van der Waals surface area contributed by atoms with Crippen molar-refractivity contribution < 1.29 is 0 Å². The van der Waals surface area contributed by atoms with Crippen molar-refractivity contribution in [3.63, 3.8) is 0 Å². The Bertz CT molecular complexity index is 616. The van der Waals surface area contributed by atoms with Crippen LogP contribution in [-0.4, -0.2) is 36.1 Å². The van der Waals surface area contributed by atoms with Gasteiger partial charge in [-0.3, -0.25) is 0 Å². The van der Waals surface area contributed by atoms with Crippen LogP contribution in [0.2, 0.25) is 0 Å². The van der Waals surface area contributed by atoms with Crippen molar-refractivity contribution in [2.24, 2.45) is 0 Å². The van der Waals surface area contributed by atoms with Crippen molar-refractivity contribution in [2.75, 3.05) is 41.3 Å². The van der Waals surface area contributed by atoms with Gasteiger partial charge in [0.15, 0.2) is 0 Å². The molecule has 0 unspecified atom stereocenters. The van der Waals surface area contributed by atoms with E-state index in [1.807, 2.05) is 12.3 Å². The molecule has 0 aliphatic carbocycles. The van der Waals surface area contributed by atoms with Gasteiger partial charge >= 0.3 is 0 Å². The maximum Gasteiger partial charge on any atom is 0.229 e. The summed E-state index contributed by atoms with van der Waals surface area (Å²) in [6.45, 7) is 12.8. The largest absolute Gasteiger partial charge is 0.372 e. The molecule has 1 heterocycles. The third-order valence-corrected chi connectivity index (χ3v) is 4.20. The minimum atomic E-state index is 0.644. The Labute approximate surface area is 152 Å². The number of nitrogens with one attached hydrogen (secondary N) is 1. The van der Waals surface area contributed by atoms with E-state index in [4.69, 9.17) is 0 Å². The lowest BCUT2D eigenvalue weighted by Gasteiger charge is -2.23. The second-order valence-corrected chi connectivity index (χ2v) is 6.07. The highest BCUT2D eigenvalue weighted by molar-refractivity contribution is 5.60. The van der Waals surface area contributed by atoms with Gasteiger partial charge in [0.05, 0.1) is 0 Å². The van der Waals surface area contributed by atoms with Crippen LogP contribution in [0.4, 0.5) is 23.1 Å². The highest BCUT2D eigenvalue weighted by Gasteiger charge is 2.08. The maximum absolute atomic E-state index is 4.69. The molecule has 0 aliphatic heterocycles. The fraction of sp³-hybridized carbons (Fsp3) is 0.500. The van der Waals surface area contributed by atoms with Gasteiger partial charge in [0.1, 0.15) is 5.82 Å². The SMILES string of the molecule is CCCN(CCC)c1ccnc(Nc2ccc(N(CC)CC)cc2)n1. The molecule has 136 valence electrons. The monoisotopic (exact) mass is 341 g/mol. The highest BCUT2D eigenvalue weighted by atomic mass is 15.2. The first kappa shape index (κ1) is 19.0. The van der Waals surface area contributed by atoms with Gasteiger partial charge in [-0.2, -0.15) is 4.98 Å². The lowest BCUT2D eigenvalue weighted by atomic mass is 10.2. The van der Waals surface area contributed by atoms with Crippen LogP contribution < -0.4 is 15.1 Å². The van der Waals surface area contributed by atoms with E-state index in [0.717, 1.165) is 50.5 Å². The van der Waals surface area contributed by atoms with E-state index in [2.05, 4.69) is 77.0 Å². The molecule has 5 heteroatoms. The number of rotatable bonds is 10. The number of benzene rings is 1. The molecular weight excluding hydrogens is 310 g/mol. The third kappa shape index (κ3) is 5.34. The Hall–Kier alpha value is -2.30. The number of aromatic nitrogens is 2. The Morgan fingerprint density at radius 3 is 2.04 bits per heavy atom. The van der Waals surface area contributed by atoms with Gasteiger partial charge in [0.2, 0.25) is 5.95 Å². The summed E-state index contributed by atoms with van der Waals surface area (Å²) < 4.78 is 0. The molecule has 0 aliphatic rings. The molecule has 0 atom stereocenters. The Balaban J connectivity index is 2.11. The van der Waals surface area contributed by atoms with Gasteiger partial charge in [0, 0.05) is 43.8 Å². The molecule has 0 spiro atoms. The Morgan fingerprint density at radius 1 is 0.840 bits per heavy atom. The minimum absolute atomic E-state index is 0.644. The van der Waals surface area contributed by atoms with Gasteiger partial charge in [-0.25, -0.2) is 4.98 Å². The van der Waals surface area contributed by atoms with Gasteiger partial charge in [-0.1, -0.05) is 13.8 Å². The topological polar surface area (TPSA) is 44.3 Å². The Kier molecular flexibility index (Phi) is 7.51. The van der Waals surface area contributed by atoms with Crippen LogP contribution in [0.15, 0.2) is 36.5 Å². The molecular formula is C20H31N5. The number of anilines is 4. The summed E-state index contributed by atoms with van der Waals surface area (Å²) >= 11 is 0. The summed E-state index contributed by atoms with van der Waals surface area (Å²) in [6, 6.07) is 10.4. The second-order valence-electron chi connectivity index (χ2n) is 6.07. The molecule has 1 N–H and O–H groups in total. The molecule has 5 nitrogen and oxygen atoms in total. The average Bonchev–Trinajstić information content (AvgIpc) is 2.64. The fourth-order valence-corrected chi connectivity index (χ4v) is 2.94. The van der Waals surface area contributed by atoms with E-state index in [0.29, 0.717) is 5.95 Å². The molecule has 2 aromatic rings. The van der Waals surface area contributed by atoms with Crippen LogP contribution in [0.1, 0.15) is 40.5 Å². The fourth-order valence-electron chi connectivity index (χ4n) is 2.94. The molecule has 1 aromatic heterocycles. The van der Waals surface area contributed by atoms with Crippen molar-refractivity contribution >= 4 is 23.1 Å². The van der Waals surface area contributed by atoms with E-state index in [1.54, 1.807) is 0 Å². The van der Waals surface area contributed by atoms with E-state index < -0.39 is 0 Å². The smallest absolute Gasteiger partial charge is 0.229 e. The molecule has 2 rings (SSSR count). The number of hydrogen-bond acceptors (Lipinski definition) is 5. The first-order valence-electron chi connectivity index (χ1n) is 9.41. The summed E-state index contributed by atoms with van der Waals surface area (Å²) in [4.78, 5) is 13.7. The number of nitrogens with zero attached hydrogens (tertiary/aromatic N) is 4. The molecule has 0 bridgehead atoms. The van der Waals surface area contributed by atoms with Gasteiger partial charge < -0.3 is 15.1 Å². The first-order chi connectivity index (χ1) is 12.2. The van der Waals surface area contributed by atoms with Crippen molar-refractivity contribution in [1.29, 1.82) is 0 Å². The highest BCUT2D eigenvalue weighted by Crippen LogP contribution is 2.21. The van der Waals surface area contributed by atoms with Crippen LogP contribution in [0.5, 0.6) is 0 Å². The van der Waals surface area contributed by atoms with Gasteiger partial charge in [0.25, 0.3) is 0 Å². The predicted octanol–water partition coefficient (Wildman–Crippen LogP) is 4.69. The summed E-state index contributed by atoms with van der Waals surface area (Å²) in [6.07, 6.45) is 4.05. The normalized spacial score (nSPS) is 10.6. The molecule has 25 heavy (non-hydrogen) atoms. The van der Waals surface area contributed by atoms with Crippen molar-refractivity contribution in [1.82, 2.24) is 9.97 Å². The zero-order valence-electron chi connectivity index (χ0n) is 16.0.